The lowest BCUT2D eigenvalue weighted by Gasteiger charge is -2.33. The predicted octanol–water partition coefficient (Wildman–Crippen LogP) is 1.02. The third-order valence-corrected chi connectivity index (χ3v) is 4.98. The molecule has 1 rings (SSSR count). The van der Waals surface area contributed by atoms with E-state index >= 15 is 0 Å². The van der Waals surface area contributed by atoms with Gasteiger partial charge in [-0.3, -0.25) is 4.18 Å². The molecule has 68 valence electrons. The molecule has 0 spiro atoms. The third-order valence-electron chi connectivity index (χ3n) is 1.99. The van der Waals surface area contributed by atoms with Gasteiger partial charge in [0.1, 0.15) is 0 Å². The molecule has 0 aliphatic carbocycles. The first-order chi connectivity index (χ1) is 5.40. The lowest BCUT2D eigenvalue weighted by Crippen LogP contribution is -2.38. The van der Waals surface area contributed by atoms with Crippen molar-refractivity contribution in [3.8, 4) is 12.3 Å². The summed E-state index contributed by atoms with van der Waals surface area (Å²) in [5, 5.41) is 0. The maximum Gasteiger partial charge on any atom is 0.322 e. The number of terminal acetylenes is 1. The van der Waals surface area contributed by atoms with Crippen LogP contribution in [0.1, 0.15) is 13.8 Å². The minimum Gasteiger partial charge on any atom is -0.257 e. The SMILES string of the molecule is C#CC1(C)CSS(=O)(=O)OC1C. The zero-order valence-electron chi connectivity index (χ0n) is 6.90. The van der Waals surface area contributed by atoms with Crippen LogP contribution in [0.3, 0.4) is 0 Å². The quantitative estimate of drug-likeness (QED) is 0.438. The lowest BCUT2D eigenvalue weighted by atomic mass is 9.88. The number of hydrogen-bond acceptors (Lipinski definition) is 4. The molecule has 1 fully saturated rings. The van der Waals surface area contributed by atoms with E-state index in [1.54, 1.807) is 6.92 Å². The van der Waals surface area contributed by atoms with Crippen LogP contribution < -0.4 is 0 Å². The Hall–Kier alpha value is -0.180. The second-order valence-electron chi connectivity index (χ2n) is 2.97. The summed E-state index contributed by atoms with van der Waals surface area (Å²) in [6, 6.07) is 0. The first-order valence-corrected chi connectivity index (χ1v) is 6.36. The van der Waals surface area contributed by atoms with E-state index in [1.807, 2.05) is 6.92 Å². The van der Waals surface area contributed by atoms with Gasteiger partial charge >= 0.3 is 9.15 Å². The van der Waals surface area contributed by atoms with E-state index in [0.29, 0.717) is 5.75 Å². The Bertz CT molecular complexity index is 314. The molecule has 0 amide bonds. The summed E-state index contributed by atoms with van der Waals surface area (Å²) in [7, 11) is -2.63. The molecule has 2 atom stereocenters. The van der Waals surface area contributed by atoms with Crippen LogP contribution in [0.4, 0.5) is 0 Å². The molecule has 1 aliphatic heterocycles. The highest BCUT2D eigenvalue weighted by atomic mass is 33.1. The molecule has 0 aromatic carbocycles. The lowest BCUT2D eigenvalue weighted by molar-refractivity contribution is 0.141. The topological polar surface area (TPSA) is 43.4 Å². The van der Waals surface area contributed by atoms with Gasteiger partial charge in [0.2, 0.25) is 0 Å². The Morgan fingerprint density at radius 2 is 2.33 bits per heavy atom. The molecule has 1 aliphatic rings. The van der Waals surface area contributed by atoms with Gasteiger partial charge in [-0.15, -0.1) is 6.42 Å². The van der Waals surface area contributed by atoms with Crippen LogP contribution in [0.2, 0.25) is 0 Å². The van der Waals surface area contributed by atoms with Crippen molar-refractivity contribution < 1.29 is 12.6 Å². The molecular weight excluding hydrogens is 196 g/mol. The average Bonchev–Trinajstić information content (AvgIpc) is 1.97. The molecule has 1 heterocycles. The highest BCUT2D eigenvalue weighted by molar-refractivity contribution is 8.70. The third kappa shape index (κ3) is 1.76. The molecule has 0 saturated carbocycles. The number of hydrogen-bond donors (Lipinski definition) is 0. The minimum atomic E-state index is -3.39. The summed E-state index contributed by atoms with van der Waals surface area (Å²) in [4.78, 5) is 0. The van der Waals surface area contributed by atoms with Gasteiger partial charge in [-0.25, -0.2) is 0 Å². The van der Waals surface area contributed by atoms with E-state index in [0.717, 1.165) is 10.8 Å². The predicted molar refractivity (Wildman–Crippen MR) is 48.9 cm³/mol. The minimum absolute atomic E-state index is 0.396. The van der Waals surface area contributed by atoms with Gasteiger partial charge < -0.3 is 0 Å². The van der Waals surface area contributed by atoms with Gasteiger partial charge in [-0.1, -0.05) is 5.92 Å². The molecule has 1 saturated heterocycles. The van der Waals surface area contributed by atoms with Crippen LogP contribution in [-0.2, 0) is 13.3 Å². The Labute approximate surface area is 76.4 Å². The summed E-state index contributed by atoms with van der Waals surface area (Å²) in [5.41, 5.74) is -0.476. The first-order valence-electron chi connectivity index (χ1n) is 3.45. The Morgan fingerprint density at radius 3 is 2.75 bits per heavy atom. The maximum atomic E-state index is 10.9. The number of rotatable bonds is 0. The van der Waals surface area contributed by atoms with Gasteiger partial charge in [0.15, 0.2) is 0 Å². The fraction of sp³-hybridized carbons (Fsp3) is 0.714. The zero-order valence-corrected chi connectivity index (χ0v) is 8.54. The van der Waals surface area contributed by atoms with Gasteiger partial charge in [-0.05, 0) is 24.6 Å². The molecule has 2 unspecified atom stereocenters. The largest absolute Gasteiger partial charge is 0.322 e. The first kappa shape index (κ1) is 9.90. The van der Waals surface area contributed by atoms with Crippen LogP contribution in [0.15, 0.2) is 0 Å². The van der Waals surface area contributed by atoms with Gasteiger partial charge in [0, 0.05) is 5.75 Å². The van der Waals surface area contributed by atoms with E-state index in [-0.39, 0.29) is 0 Å². The molecular formula is C7H10O3S2. The smallest absolute Gasteiger partial charge is 0.257 e. The van der Waals surface area contributed by atoms with Crippen LogP contribution in [0.5, 0.6) is 0 Å². The van der Waals surface area contributed by atoms with E-state index in [1.165, 1.54) is 0 Å². The molecule has 0 aromatic rings. The monoisotopic (exact) mass is 206 g/mol. The van der Waals surface area contributed by atoms with Crippen LogP contribution >= 0.6 is 10.8 Å². The van der Waals surface area contributed by atoms with Crippen LogP contribution in [0, 0.1) is 17.8 Å². The van der Waals surface area contributed by atoms with Crippen molar-refractivity contribution >= 4 is 19.9 Å². The van der Waals surface area contributed by atoms with Crippen LogP contribution in [0.25, 0.3) is 0 Å². The van der Waals surface area contributed by atoms with Crippen molar-refractivity contribution in [3.05, 3.63) is 0 Å². The van der Waals surface area contributed by atoms with E-state index in [9.17, 15) is 8.42 Å². The second kappa shape index (κ2) is 2.95. The molecule has 0 radical (unpaired) electrons. The van der Waals surface area contributed by atoms with Gasteiger partial charge in [0.05, 0.1) is 11.5 Å². The van der Waals surface area contributed by atoms with E-state index in [2.05, 4.69) is 5.92 Å². The summed E-state index contributed by atoms with van der Waals surface area (Å²) in [6.07, 6.45) is 4.84. The van der Waals surface area contributed by atoms with Crippen molar-refractivity contribution in [2.75, 3.05) is 5.75 Å². The van der Waals surface area contributed by atoms with Crippen molar-refractivity contribution in [2.24, 2.45) is 5.41 Å². The Morgan fingerprint density at radius 1 is 1.75 bits per heavy atom. The van der Waals surface area contributed by atoms with Gasteiger partial charge in [-0.2, -0.15) is 8.42 Å². The summed E-state index contributed by atoms with van der Waals surface area (Å²) in [6.45, 7) is 3.50. The highest BCUT2D eigenvalue weighted by Gasteiger charge is 2.40. The molecule has 12 heavy (non-hydrogen) atoms. The molecule has 0 N–H and O–H groups in total. The highest BCUT2D eigenvalue weighted by Crippen LogP contribution is 2.37. The fourth-order valence-corrected chi connectivity index (χ4v) is 3.80. The Balaban J connectivity index is 2.88. The fourth-order valence-electron chi connectivity index (χ4n) is 0.782. The summed E-state index contributed by atoms with van der Waals surface area (Å²) in [5.74, 6) is 2.95. The molecule has 0 aromatic heterocycles. The summed E-state index contributed by atoms with van der Waals surface area (Å²) < 4.78 is 26.6. The van der Waals surface area contributed by atoms with Gasteiger partial charge in [0.25, 0.3) is 0 Å². The van der Waals surface area contributed by atoms with Crippen molar-refractivity contribution in [2.45, 2.75) is 20.0 Å². The van der Waals surface area contributed by atoms with E-state index < -0.39 is 20.7 Å². The van der Waals surface area contributed by atoms with Crippen molar-refractivity contribution in [1.82, 2.24) is 0 Å². The Kier molecular flexibility index (Phi) is 2.43. The van der Waals surface area contributed by atoms with Crippen LogP contribution in [-0.4, -0.2) is 20.3 Å². The normalized spacial score (nSPS) is 40.2. The summed E-state index contributed by atoms with van der Waals surface area (Å²) >= 11 is 0. The van der Waals surface area contributed by atoms with Crippen molar-refractivity contribution in [3.63, 3.8) is 0 Å². The molecule has 0 bridgehead atoms. The molecule has 5 heteroatoms. The second-order valence-corrected chi connectivity index (χ2v) is 6.44. The standard InChI is InChI=1S/C7H10O3S2/c1-4-7(3)5-11-12(8,9)10-6(7)2/h1,6H,5H2,2-3H3. The zero-order chi connectivity index (χ0) is 9.41. The van der Waals surface area contributed by atoms with E-state index in [4.69, 9.17) is 10.6 Å². The molecule has 3 nitrogen and oxygen atoms in total. The average molecular weight is 206 g/mol. The maximum absolute atomic E-state index is 10.9. The van der Waals surface area contributed by atoms with Crippen molar-refractivity contribution in [1.29, 1.82) is 0 Å².